The number of nitrogens with zero attached hydrogens (tertiary/aromatic N) is 2. The third kappa shape index (κ3) is 2.80. The maximum atomic E-state index is 11.0. The van der Waals surface area contributed by atoms with Crippen LogP contribution in [0.5, 0.6) is 0 Å². The molecule has 2 heterocycles. The summed E-state index contributed by atoms with van der Waals surface area (Å²) in [6, 6.07) is 1.36. The number of aromatic nitrogens is 4. The van der Waals surface area contributed by atoms with Crippen molar-refractivity contribution in [2.45, 2.75) is 17.0 Å². The SMILES string of the molecule is Cc1nnc(SCc2cc(=O)[nH]c(=O)[nH]2)s1. The molecule has 0 saturated carbocycles. The van der Waals surface area contributed by atoms with Gasteiger partial charge in [-0.15, -0.1) is 10.2 Å². The summed E-state index contributed by atoms with van der Waals surface area (Å²) in [5.41, 5.74) is -0.309. The topological polar surface area (TPSA) is 91.5 Å². The van der Waals surface area contributed by atoms with Crippen LogP contribution >= 0.6 is 23.1 Å². The van der Waals surface area contributed by atoms with Crippen molar-refractivity contribution in [2.24, 2.45) is 0 Å². The summed E-state index contributed by atoms with van der Waals surface area (Å²) in [7, 11) is 0. The van der Waals surface area contributed by atoms with Crippen LogP contribution in [0.25, 0.3) is 0 Å². The third-order valence-electron chi connectivity index (χ3n) is 1.67. The van der Waals surface area contributed by atoms with Crippen LogP contribution < -0.4 is 11.2 Å². The smallest absolute Gasteiger partial charge is 0.310 e. The largest absolute Gasteiger partial charge is 0.325 e. The average molecular weight is 256 g/mol. The predicted molar refractivity (Wildman–Crippen MR) is 61.9 cm³/mol. The minimum atomic E-state index is -0.489. The molecule has 0 unspecified atom stereocenters. The quantitative estimate of drug-likeness (QED) is 0.781. The maximum Gasteiger partial charge on any atom is 0.325 e. The van der Waals surface area contributed by atoms with E-state index in [4.69, 9.17) is 0 Å². The highest BCUT2D eigenvalue weighted by molar-refractivity contribution is 8.00. The van der Waals surface area contributed by atoms with Gasteiger partial charge >= 0.3 is 5.69 Å². The van der Waals surface area contributed by atoms with Gasteiger partial charge in [0.15, 0.2) is 4.34 Å². The number of nitrogens with one attached hydrogen (secondary N) is 2. The van der Waals surface area contributed by atoms with Gasteiger partial charge in [0.1, 0.15) is 5.01 Å². The lowest BCUT2D eigenvalue weighted by molar-refractivity contribution is 0.973. The summed E-state index contributed by atoms with van der Waals surface area (Å²) in [5.74, 6) is 0.494. The zero-order valence-electron chi connectivity index (χ0n) is 8.31. The van der Waals surface area contributed by atoms with Gasteiger partial charge in [-0.2, -0.15) is 0 Å². The van der Waals surface area contributed by atoms with Crippen LogP contribution in [0.2, 0.25) is 0 Å². The molecule has 0 aromatic carbocycles. The lowest BCUT2D eigenvalue weighted by atomic mass is 10.5. The third-order valence-corrected chi connectivity index (χ3v) is 3.70. The Bertz CT molecular complexity index is 572. The number of thioether (sulfide) groups is 1. The molecule has 0 saturated heterocycles. The molecule has 2 rings (SSSR count). The number of hydrogen-bond donors (Lipinski definition) is 2. The standard InChI is InChI=1S/C8H8N4O2S2/c1-4-11-12-8(16-4)15-3-5-2-6(13)10-7(14)9-5/h2H,3H2,1H3,(H2,9,10,13,14). The molecule has 0 atom stereocenters. The van der Waals surface area contributed by atoms with Gasteiger partial charge < -0.3 is 4.98 Å². The van der Waals surface area contributed by atoms with Gasteiger partial charge in [-0.25, -0.2) is 4.79 Å². The van der Waals surface area contributed by atoms with Crippen LogP contribution in [0, 0.1) is 6.92 Å². The highest BCUT2D eigenvalue weighted by Gasteiger charge is 2.03. The predicted octanol–water partition coefficient (Wildman–Crippen LogP) is 0.515. The molecule has 16 heavy (non-hydrogen) atoms. The van der Waals surface area contributed by atoms with Gasteiger partial charge in [-0.05, 0) is 6.92 Å². The molecular formula is C8H8N4O2S2. The second kappa shape index (κ2) is 4.62. The van der Waals surface area contributed by atoms with Crippen LogP contribution in [0.1, 0.15) is 10.7 Å². The van der Waals surface area contributed by atoms with Crippen molar-refractivity contribution in [2.75, 3.05) is 0 Å². The van der Waals surface area contributed by atoms with Crippen molar-refractivity contribution in [1.29, 1.82) is 0 Å². The monoisotopic (exact) mass is 256 g/mol. The van der Waals surface area contributed by atoms with E-state index in [1.165, 1.54) is 29.2 Å². The second-order valence-electron chi connectivity index (χ2n) is 2.99. The molecule has 8 heteroatoms. The first kappa shape index (κ1) is 11.1. The fourth-order valence-corrected chi connectivity index (χ4v) is 2.80. The molecule has 0 bridgehead atoms. The molecule has 84 valence electrons. The Kier molecular flexibility index (Phi) is 3.20. The average Bonchev–Trinajstić information content (AvgIpc) is 2.60. The molecule has 0 aliphatic heterocycles. The summed E-state index contributed by atoms with van der Waals surface area (Å²) < 4.78 is 0.818. The molecule has 0 radical (unpaired) electrons. The molecule has 2 aromatic rings. The van der Waals surface area contributed by atoms with Crippen LogP contribution in [0.4, 0.5) is 0 Å². The van der Waals surface area contributed by atoms with Gasteiger partial charge in [0.2, 0.25) is 0 Å². The molecule has 0 amide bonds. The van der Waals surface area contributed by atoms with Gasteiger partial charge in [0.25, 0.3) is 5.56 Å². The van der Waals surface area contributed by atoms with Gasteiger partial charge in [-0.1, -0.05) is 23.1 Å². The number of rotatable bonds is 3. The van der Waals surface area contributed by atoms with Crippen molar-refractivity contribution in [1.82, 2.24) is 20.2 Å². The van der Waals surface area contributed by atoms with E-state index in [9.17, 15) is 9.59 Å². The second-order valence-corrected chi connectivity index (χ2v) is 5.39. The van der Waals surface area contributed by atoms with Crippen molar-refractivity contribution >= 4 is 23.1 Å². The van der Waals surface area contributed by atoms with E-state index < -0.39 is 11.2 Å². The lowest BCUT2D eigenvalue weighted by Crippen LogP contribution is -2.22. The summed E-state index contributed by atoms with van der Waals surface area (Å²) in [4.78, 5) is 26.7. The van der Waals surface area contributed by atoms with Crippen molar-refractivity contribution in [3.63, 3.8) is 0 Å². The van der Waals surface area contributed by atoms with Gasteiger partial charge in [0.05, 0.1) is 0 Å². The summed E-state index contributed by atoms with van der Waals surface area (Å²) >= 11 is 2.91. The molecule has 0 spiro atoms. The minimum Gasteiger partial charge on any atom is -0.310 e. The van der Waals surface area contributed by atoms with Crippen LogP contribution in [0.3, 0.4) is 0 Å². The van der Waals surface area contributed by atoms with Gasteiger partial charge in [-0.3, -0.25) is 9.78 Å². The van der Waals surface area contributed by atoms with E-state index in [1.807, 2.05) is 6.92 Å². The Morgan fingerprint density at radius 1 is 1.38 bits per heavy atom. The Morgan fingerprint density at radius 2 is 2.19 bits per heavy atom. The van der Waals surface area contributed by atoms with Gasteiger partial charge in [0, 0.05) is 17.5 Å². The highest BCUT2D eigenvalue weighted by Crippen LogP contribution is 2.24. The fraction of sp³-hybridized carbons (Fsp3) is 0.250. The molecule has 0 fully saturated rings. The highest BCUT2D eigenvalue weighted by atomic mass is 32.2. The number of aryl methyl sites for hydroxylation is 1. The van der Waals surface area contributed by atoms with Crippen LogP contribution in [-0.4, -0.2) is 20.2 Å². The van der Waals surface area contributed by atoms with Crippen molar-refractivity contribution in [3.8, 4) is 0 Å². The lowest BCUT2D eigenvalue weighted by Gasteiger charge is -1.96. The fourth-order valence-electron chi connectivity index (χ4n) is 1.07. The Hall–Kier alpha value is -1.41. The molecule has 6 nitrogen and oxygen atoms in total. The first-order valence-electron chi connectivity index (χ1n) is 4.39. The Labute approximate surface area is 98.2 Å². The summed E-state index contributed by atoms with van der Waals surface area (Å²) in [6.07, 6.45) is 0. The number of aromatic amines is 2. The maximum absolute atomic E-state index is 11.0. The Balaban J connectivity index is 2.10. The van der Waals surface area contributed by atoms with Crippen molar-refractivity contribution in [3.05, 3.63) is 37.6 Å². The number of hydrogen-bond acceptors (Lipinski definition) is 6. The zero-order chi connectivity index (χ0) is 11.5. The van der Waals surface area contributed by atoms with Crippen LogP contribution in [0.15, 0.2) is 20.0 Å². The van der Waals surface area contributed by atoms with E-state index in [0.29, 0.717) is 11.4 Å². The first-order valence-corrected chi connectivity index (χ1v) is 6.19. The van der Waals surface area contributed by atoms with E-state index >= 15 is 0 Å². The first-order chi connectivity index (χ1) is 7.63. The van der Waals surface area contributed by atoms with E-state index in [-0.39, 0.29) is 0 Å². The molecule has 0 aliphatic carbocycles. The summed E-state index contributed by atoms with van der Waals surface area (Å²) in [6.45, 7) is 1.87. The molecular weight excluding hydrogens is 248 g/mol. The molecule has 0 aliphatic rings. The van der Waals surface area contributed by atoms with Crippen molar-refractivity contribution < 1.29 is 0 Å². The normalized spacial score (nSPS) is 10.6. The Morgan fingerprint density at radius 3 is 2.81 bits per heavy atom. The molecule has 2 aromatic heterocycles. The van der Waals surface area contributed by atoms with E-state index in [1.54, 1.807) is 0 Å². The summed E-state index contributed by atoms with van der Waals surface area (Å²) in [5, 5.41) is 8.69. The van der Waals surface area contributed by atoms with Crippen LogP contribution in [-0.2, 0) is 5.75 Å². The van der Waals surface area contributed by atoms with E-state index in [2.05, 4.69) is 20.2 Å². The molecule has 2 N–H and O–H groups in total. The van der Waals surface area contributed by atoms with E-state index in [0.717, 1.165) is 9.35 Å². The minimum absolute atomic E-state index is 0.396. The number of H-pyrrole nitrogens is 2. The zero-order valence-corrected chi connectivity index (χ0v) is 9.94.